The van der Waals surface area contributed by atoms with Crippen LogP contribution in [0.3, 0.4) is 0 Å². The third-order valence-corrected chi connectivity index (χ3v) is 5.68. The summed E-state index contributed by atoms with van der Waals surface area (Å²) in [6.45, 7) is 3.24. The van der Waals surface area contributed by atoms with E-state index in [1.807, 2.05) is 6.92 Å². The molecule has 0 amide bonds. The lowest BCUT2D eigenvalue weighted by Crippen LogP contribution is -2.49. The monoisotopic (exact) mass is 278 g/mol. The topological polar surface area (TPSA) is 72.6 Å². The van der Waals surface area contributed by atoms with Crippen molar-refractivity contribution in [2.24, 2.45) is 11.7 Å². The molecule has 0 aromatic carbocycles. The molecule has 1 saturated carbocycles. The summed E-state index contributed by atoms with van der Waals surface area (Å²) >= 11 is 0. The Hall–Kier alpha value is -0.170. The second-order valence-corrected chi connectivity index (χ2v) is 6.90. The van der Waals surface area contributed by atoms with Gasteiger partial charge < -0.3 is 10.5 Å². The van der Waals surface area contributed by atoms with Gasteiger partial charge in [0, 0.05) is 19.7 Å². The van der Waals surface area contributed by atoms with Gasteiger partial charge >= 0.3 is 0 Å². The molecular weight excluding hydrogens is 252 g/mol. The van der Waals surface area contributed by atoms with Crippen LogP contribution in [-0.2, 0) is 14.8 Å². The zero-order chi connectivity index (χ0) is 13.6. The molecule has 1 aliphatic carbocycles. The predicted molar refractivity (Wildman–Crippen MR) is 72.8 cm³/mol. The minimum atomic E-state index is -3.22. The first-order valence-corrected chi connectivity index (χ1v) is 8.36. The standard InChI is InChI=1S/C12H26N2O3S/c1-3-14(18(15,16)9-8-17-2)12-7-5-4-6-11(12)10-13/h11-12H,3-10,13H2,1-2H3. The Balaban J connectivity index is 2.80. The van der Waals surface area contributed by atoms with E-state index in [9.17, 15) is 8.42 Å². The van der Waals surface area contributed by atoms with Crippen LogP contribution in [0.1, 0.15) is 32.6 Å². The van der Waals surface area contributed by atoms with E-state index in [4.69, 9.17) is 10.5 Å². The Morgan fingerprint density at radius 1 is 1.33 bits per heavy atom. The van der Waals surface area contributed by atoms with E-state index in [1.165, 1.54) is 7.11 Å². The zero-order valence-electron chi connectivity index (χ0n) is 11.5. The van der Waals surface area contributed by atoms with E-state index in [0.717, 1.165) is 25.7 Å². The maximum atomic E-state index is 12.3. The largest absolute Gasteiger partial charge is 0.384 e. The number of hydrogen-bond donors (Lipinski definition) is 1. The highest BCUT2D eigenvalue weighted by Gasteiger charge is 2.34. The zero-order valence-corrected chi connectivity index (χ0v) is 12.3. The van der Waals surface area contributed by atoms with Crippen molar-refractivity contribution in [1.82, 2.24) is 4.31 Å². The number of rotatable bonds is 7. The summed E-state index contributed by atoms with van der Waals surface area (Å²) in [5, 5.41) is 0. The third-order valence-electron chi connectivity index (χ3n) is 3.76. The molecule has 1 fully saturated rings. The first-order chi connectivity index (χ1) is 8.56. The van der Waals surface area contributed by atoms with Crippen LogP contribution in [0.5, 0.6) is 0 Å². The van der Waals surface area contributed by atoms with E-state index in [0.29, 0.717) is 19.0 Å². The minimum absolute atomic E-state index is 0.0606. The SMILES string of the molecule is CCN(C1CCCCC1CN)S(=O)(=O)CCOC. The average Bonchev–Trinajstić information content (AvgIpc) is 2.37. The smallest absolute Gasteiger partial charge is 0.216 e. The summed E-state index contributed by atoms with van der Waals surface area (Å²) in [6, 6.07) is 0.0793. The van der Waals surface area contributed by atoms with Gasteiger partial charge in [0.15, 0.2) is 0 Å². The van der Waals surface area contributed by atoms with Crippen LogP contribution in [-0.4, -0.2) is 51.3 Å². The fourth-order valence-electron chi connectivity index (χ4n) is 2.79. The van der Waals surface area contributed by atoms with Gasteiger partial charge in [0.25, 0.3) is 0 Å². The van der Waals surface area contributed by atoms with Crippen molar-refractivity contribution in [1.29, 1.82) is 0 Å². The quantitative estimate of drug-likeness (QED) is 0.747. The first-order valence-electron chi connectivity index (χ1n) is 6.75. The van der Waals surface area contributed by atoms with Gasteiger partial charge in [0.1, 0.15) is 0 Å². The molecule has 108 valence electrons. The molecule has 0 spiro atoms. The molecule has 6 heteroatoms. The highest BCUT2D eigenvalue weighted by Crippen LogP contribution is 2.29. The van der Waals surface area contributed by atoms with Crippen LogP contribution in [0.2, 0.25) is 0 Å². The van der Waals surface area contributed by atoms with Gasteiger partial charge in [0.2, 0.25) is 10.0 Å². The number of methoxy groups -OCH3 is 1. The summed E-state index contributed by atoms with van der Waals surface area (Å²) in [5.41, 5.74) is 5.78. The molecule has 2 unspecified atom stereocenters. The number of sulfonamides is 1. The van der Waals surface area contributed by atoms with Crippen LogP contribution in [0.4, 0.5) is 0 Å². The highest BCUT2D eigenvalue weighted by molar-refractivity contribution is 7.89. The summed E-state index contributed by atoms with van der Waals surface area (Å²) in [6.07, 6.45) is 4.23. The van der Waals surface area contributed by atoms with E-state index < -0.39 is 10.0 Å². The van der Waals surface area contributed by atoms with E-state index in [-0.39, 0.29) is 18.4 Å². The maximum absolute atomic E-state index is 12.3. The second kappa shape index (κ2) is 7.43. The van der Waals surface area contributed by atoms with E-state index in [2.05, 4.69) is 0 Å². The Labute approximate surface area is 111 Å². The fraction of sp³-hybridized carbons (Fsp3) is 1.00. The molecule has 0 radical (unpaired) electrons. The summed E-state index contributed by atoms with van der Waals surface area (Å²) in [4.78, 5) is 0. The molecule has 2 N–H and O–H groups in total. The molecule has 0 aliphatic heterocycles. The molecule has 0 saturated heterocycles. The van der Waals surface area contributed by atoms with Gasteiger partial charge in [-0.2, -0.15) is 4.31 Å². The third kappa shape index (κ3) is 3.91. The Bertz CT molecular complexity index is 332. The fourth-order valence-corrected chi connectivity index (χ4v) is 4.48. The van der Waals surface area contributed by atoms with Crippen molar-refractivity contribution in [2.75, 3.05) is 32.6 Å². The number of nitrogens with zero attached hydrogens (tertiary/aromatic N) is 1. The van der Waals surface area contributed by atoms with Gasteiger partial charge in [-0.1, -0.05) is 19.8 Å². The maximum Gasteiger partial charge on any atom is 0.216 e. The Morgan fingerprint density at radius 2 is 2.00 bits per heavy atom. The van der Waals surface area contributed by atoms with Gasteiger partial charge in [-0.3, -0.25) is 0 Å². The van der Waals surface area contributed by atoms with Crippen molar-refractivity contribution in [2.45, 2.75) is 38.6 Å². The van der Waals surface area contributed by atoms with Crippen LogP contribution in [0.25, 0.3) is 0 Å². The molecule has 0 heterocycles. The average molecular weight is 278 g/mol. The molecule has 1 aliphatic rings. The van der Waals surface area contributed by atoms with Crippen LogP contribution >= 0.6 is 0 Å². The minimum Gasteiger partial charge on any atom is -0.384 e. The number of hydrogen-bond acceptors (Lipinski definition) is 4. The van der Waals surface area contributed by atoms with Crippen molar-refractivity contribution in [3.63, 3.8) is 0 Å². The van der Waals surface area contributed by atoms with Crippen molar-refractivity contribution < 1.29 is 13.2 Å². The molecule has 0 aromatic rings. The number of nitrogens with two attached hydrogens (primary N) is 1. The lowest BCUT2D eigenvalue weighted by Gasteiger charge is -2.38. The van der Waals surface area contributed by atoms with E-state index in [1.54, 1.807) is 4.31 Å². The van der Waals surface area contributed by atoms with Crippen molar-refractivity contribution in [3.05, 3.63) is 0 Å². The van der Waals surface area contributed by atoms with Gasteiger partial charge in [-0.05, 0) is 25.3 Å². The first kappa shape index (κ1) is 15.9. The van der Waals surface area contributed by atoms with E-state index >= 15 is 0 Å². The number of ether oxygens (including phenoxy) is 1. The summed E-state index contributed by atoms with van der Waals surface area (Å²) in [5.74, 6) is 0.363. The Kier molecular flexibility index (Phi) is 6.55. The summed E-state index contributed by atoms with van der Waals surface area (Å²) < 4.78 is 31.1. The van der Waals surface area contributed by atoms with Crippen molar-refractivity contribution in [3.8, 4) is 0 Å². The molecule has 0 bridgehead atoms. The molecule has 1 rings (SSSR count). The molecule has 0 aromatic heterocycles. The lowest BCUT2D eigenvalue weighted by atomic mass is 9.84. The normalized spacial score (nSPS) is 25.6. The second-order valence-electron chi connectivity index (χ2n) is 4.86. The van der Waals surface area contributed by atoms with Gasteiger partial charge in [-0.25, -0.2) is 8.42 Å². The lowest BCUT2D eigenvalue weighted by molar-refractivity contribution is 0.182. The van der Waals surface area contributed by atoms with Crippen LogP contribution < -0.4 is 5.73 Å². The molecule has 5 nitrogen and oxygen atoms in total. The molecule has 18 heavy (non-hydrogen) atoms. The Morgan fingerprint density at radius 3 is 2.56 bits per heavy atom. The van der Waals surface area contributed by atoms with Crippen molar-refractivity contribution >= 4 is 10.0 Å². The van der Waals surface area contributed by atoms with Gasteiger partial charge in [0.05, 0.1) is 12.4 Å². The van der Waals surface area contributed by atoms with Crippen LogP contribution in [0.15, 0.2) is 0 Å². The van der Waals surface area contributed by atoms with Gasteiger partial charge in [-0.15, -0.1) is 0 Å². The molecule has 2 atom stereocenters. The summed E-state index contributed by atoms with van der Waals surface area (Å²) in [7, 11) is -1.70. The highest BCUT2D eigenvalue weighted by atomic mass is 32.2. The predicted octanol–water partition coefficient (Wildman–Crippen LogP) is 0.802. The van der Waals surface area contributed by atoms with Crippen LogP contribution in [0, 0.1) is 5.92 Å². The molecular formula is C12H26N2O3S.